The maximum Gasteiger partial charge on any atom is 0.135 e. The van der Waals surface area contributed by atoms with Gasteiger partial charge in [-0.1, -0.05) is 103 Å². The zero-order valence-electron chi connectivity index (χ0n) is 27.5. The van der Waals surface area contributed by atoms with Gasteiger partial charge >= 0.3 is 0 Å². The maximum absolute atomic E-state index is 6.29. The molecule has 11 rings (SSSR count). The predicted molar refractivity (Wildman–Crippen MR) is 217 cm³/mol. The van der Waals surface area contributed by atoms with Crippen LogP contribution in [0.3, 0.4) is 0 Å². The third-order valence-corrected chi connectivity index (χ3v) is 11.5. The number of fused-ring (bicyclic) bond motifs is 9. The molecule has 2 nitrogen and oxygen atoms in total. The van der Waals surface area contributed by atoms with Crippen molar-refractivity contribution in [2.45, 2.75) is 0 Å². The molecule has 0 saturated heterocycles. The fourth-order valence-electron chi connectivity index (χ4n) is 7.93. The summed E-state index contributed by atoms with van der Waals surface area (Å²) >= 11 is 1.86. The number of hydrogen-bond acceptors (Lipinski definition) is 2. The summed E-state index contributed by atoms with van der Waals surface area (Å²) in [4.78, 5) is 0. The van der Waals surface area contributed by atoms with Crippen LogP contribution < -0.4 is 0 Å². The van der Waals surface area contributed by atoms with Gasteiger partial charge < -0.3 is 8.98 Å². The van der Waals surface area contributed by atoms with Gasteiger partial charge in [-0.25, -0.2) is 0 Å². The molecule has 3 heterocycles. The highest BCUT2D eigenvalue weighted by Crippen LogP contribution is 2.40. The third-order valence-electron chi connectivity index (χ3n) is 10.4. The van der Waals surface area contributed by atoms with Crippen LogP contribution in [0.1, 0.15) is 0 Å². The number of nitrogens with zero attached hydrogens (tertiary/aromatic N) is 1. The molecule has 11 aromatic rings. The minimum Gasteiger partial charge on any atom is -0.456 e. The van der Waals surface area contributed by atoms with E-state index in [9.17, 15) is 0 Å². The van der Waals surface area contributed by atoms with Crippen molar-refractivity contribution in [3.8, 4) is 39.1 Å². The van der Waals surface area contributed by atoms with Gasteiger partial charge in [0.15, 0.2) is 0 Å². The maximum atomic E-state index is 6.29. The number of thiophene rings is 1. The van der Waals surface area contributed by atoms with Gasteiger partial charge in [0.05, 0.1) is 11.0 Å². The smallest absolute Gasteiger partial charge is 0.135 e. The van der Waals surface area contributed by atoms with Gasteiger partial charge in [-0.3, -0.25) is 0 Å². The second-order valence-corrected chi connectivity index (χ2v) is 14.4. The molecule has 0 saturated carbocycles. The first kappa shape index (κ1) is 28.4. The molecule has 0 unspecified atom stereocenters. The molecule has 0 spiro atoms. The Morgan fingerprint density at radius 1 is 0.333 bits per heavy atom. The molecule has 0 radical (unpaired) electrons. The molecule has 0 bridgehead atoms. The number of para-hydroxylation sites is 1. The molecule has 0 N–H and O–H groups in total. The predicted octanol–water partition coefficient (Wildman–Crippen LogP) is 14.1. The van der Waals surface area contributed by atoms with Crippen LogP contribution in [0.4, 0.5) is 0 Å². The summed E-state index contributed by atoms with van der Waals surface area (Å²) < 4.78 is 11.4. The third kappa shape index (κ3) is 4.49. The first-order chi connectivity index (χ1) is 25.2. The highest BCUT2D eigenvalue weighted by molar-refractivity contribution is 7.25. The first-order valence-electron chi connectivity index (χ1n) is 17.3. The van der Waals surface area contributed by atoms with E-state index in [0.29, 0.717) is 0 Å². The molecular weight excluding hydrogens is 639 g/mol. The minimum absolute atomic E-state index is 0.902. The van der Waals surface area contributed by atoms with Crippen molar-refractivity contribution in [3.05, 3.63) is 176 Å². The molecule has 51 heavy (non-hydrogen) atoms. The van der Waals surface area contributed by atoms with E-state index in [2.05, 4.69) is 180 Å². The van der Waals surface area contributed by atoms with Crippen LogP contribution in [0.5, 0.6) is 0 Å². The minimum atomic E-state index is 0.902. The van der Waals surface area contributed by atoms with Crippen molar-refractivity contribution in [2.24, 2.45) is 0 Å². The average Bonchev–Trinajstić information content (AvgIpc) is 3.86. The summed E-state index contributed by atoms with van der Waals surface area (Å²) in [6.45, 7) is 0. The fourth-order valence-corrected chi connectivity index (χ4v) is 9.01. The molecule has 238 valence electrons. The fraction of sp³-hybridized carbons (Fsp3) is 0. The van der Waals surface area contributed by atoms with Crippen LogP contribution in [0.25, 0.3) is 103 Å². The lowest BCUT2D eigenvalue weighted by Crippen LogP contribution is -1.94. The summed E-state index contributed by atoms with van der Waals surface area (Å²) in [5, 5.41) is 7.42. The molecule has 0 aliphatic heterocycles. The second-order valence-electron chi connectivity index (χ2n) is 13.3. The van der Waals surface area contributed by atoms with E-state index in [1.807, 2.05) is 11.3 Å². The zero-order chi connectivity index (χ0) is 33.5. The average molecular weight is 668 g/mol. The Hall–Kier alpha value is -6.42. The van der Waals surface area contributed by atoms with E-state index < -0.39 is 0 Å². The van der Waals surface area contributed by atoms with Crippen molar-refractivity contribution >= 4 is 75.3 Å². The van der Waals surface area contributed by atoms with Crippen LogP contribution >= 0.6 is 11.3 Å². The van der Waals surface area contributed by atoms with E-state index in [1.54, 1.807) is 0 Å². The van der Waals surface area contributed by atoms with E-state index in [0.717, 1.165) is 33.2 Å². The van der Waals surface area contributed by atoms with Crippen LogP contribution in [-0.2, 0) is 0 Å². The van der Waals surface area contributed by atoms with E-state index in [1.165, 1.54) is 69.8 Å². The summed E-state index contributed by atoms with van der Waals surface area (Å²) in [7, 11) is 0. The zero-order valence-corrected chi connectivity index (χ0v) is 28.3. The lowest BCUT2D eigenvalue weighted by molar-refractivity contribution is 0.669. The van der Waals surface area contributed by atoms with Crippen LogP contribution in [-0.4, -0.2) is 4.57 Å². The van der Waals surface area contributed by atoms with Crippen molar-refractivity contribution in [2.75, 3.05) is 0 Å². The molecular formula is C48H29NOS. The normalized spacial score (nSPS) is 11.9. The lowest BCUT2D eigenvalue weighted by Gasteiger charge is -2.11. The SMILES string of the molecule is c1ccc(-c2ccc3oc4ccc(-c5cccc(-n6c7ccccc7c7cc(-c8ccc9sc%10ccccc%10c9c8)ccc76)c5)cc4c3c2)cc1. The van der Waals surface area contributed by atoms with Crippen LogP contribution in [0.15, 0.2) is 180 Å². The van der Waals surface area contributed by atoms with E-state index in [-0.39, 0.29) is 0 Å². The first-order valence-corrected chi connectivity index (χ1v) is 18.1. The van der Waals surface area contributed by atoms with Crippen LogP contribution in [0, 0.1) is 0 Å². The van der Waals surface area contributed by atoms with Gasteiger partial charge in [0.1, 0.15) is 11.2 Å². The largest absolute Gasteiger partial charge is 0.456 e. The van der Waals surface area contributed by atoms with Gasteiger partial charge in [0.2, 0.25) is 0 Å². The standard InChI is InChI=1S/C48H29NOS/c1-2-9-30(10-3-1)32-18-22-45-40(27-32)41-28-34(19-23-46(41)50-45)31-11-8-12-36(25-31)49-43-15-6-4-13-37(43)39-26-33(17-21-44(39)49)35-20-24-48-42(29-35)38-14-5-7-16-47(38)51-48/h1-29H. The second kappa shape index (κ2) is 11.0. The molecule has 3 heteroatoms. The molecule has 0 fully saturated rings. The molecule has 0 atom stereocenters. The molecule has 0 amide bonds. The van der Waals surface area contributed by atoms with Gasteiger partial charge in [-0.05, 0) is 106 Å². The number of furan rings is 1. The number of hydrogen-bond donors (Lipinski definition) is 0. The van der Waals surface area contributed by atoms with E-state index in [4.69, 9.17) is 4.42 Å². The molecule has 3 aromatic heterocycles. The van der Waals surface area contributed by atoms with Crippen molar-refractivity contribution < 1.29 is 4.42 Å². The highest BCUT2D eigenvalue weighted by atomic mass is 32.1. The van der Waals surface area contributed by atoms with Crippen molar-refractivity contribution in [1.29, 1.82) is 0 Å². The Labute approximate surface area is 298 Å². The van der Waals surface area contributed by atoms with Gasteiger partial charge in [-0.15, -0.1) is 11.3 Å². The number of benzene rings is 8. The summed E-state index contributed by atoms with van der Waals surface area (Å²) in [6.07, 6.45) is 0. The molecule has 0 aliphatic carbocycles. The van der Waals surface area contributed by atoms with Gasteiger partial charge in [0.25, 0.3) is 0 Å². The topological polar surface area (TPSA) is 18.1 Å². The van der Waals surface area contributed by atoms with Gasteiger partial charge in [0, 0.05) is 47.4 Å². The monoisotopic (exact) mass is 667 g/mol. The molecule has 0 aliphatic rings. The summed E-state index contributed by atoms with van der Waals surface area (Å²) in [5.74, 6) is 0. The van der Waals surface area contributed by atoms with Crippen LogP contribution in [0.2, 0.25) is 0 Å². The Bertz CT molecular complexity index is 3140. The molecule has 8 aromatic carbocycles. The highest BCUT2D eigenvalue weighted by Gasteiger charge is 2.16. The Balaban J connectivity index is 1.03. The van der Waals surface area contributed by atoms with Crippen molar-refractivity contribution in [1.82, 2.24) is 4.57 Å². The van der Waals surface area contributed by atoms with E-state index >= 15 is 0 Å². The number of aromatic nitrogens is 1. The van der Waals surface area contributed by atoms with Gasteiger partial charge in [-0.2, -0.15) is 0 Å². The Morgan fingerprint density at radius 2 is 0.882 bits per heavy atom. The summed E-state index contributed by atoms with van der Waals surface area (Å²) in [5.41, 5.74) is 12.5. The summed E-state index contributed by atoms with van der Waals surface area (Å²) in [6, 6.07) is 63.8. The lowest BCUT2D eigenvalue weighted by atomic mass is 10.00. The quantitative estimate of drug-likeness (QED) is 0.183. The number of rotatable bonds is 4. The Morgan fingerprint density at radius 3 is 1.69 bits per heavy atom. The van der Waals surface area contributed by atoms with Crippen molar-refractivity contribution in [3.63, 3.8) is 0 Å². The Kier molecular flexibility index (Phi) is 6.16.